The second kappa shape index (κ2) is 7.57. The molecule has 1 amide bonds. The molecule has 130 valence electrons. The lowest BCUT2D eigenvalue weighted by Crippen LogP contribution is -2.42. The number of carbonyl (C=O) groups excluding carboxylic acids is 1. The van der Waals surface area contributed by atoms with Crippen LogP contribution in [0.2, 0.25) is 0 Å². The first-order valence-corrected chi connectivity index (χ1v) is 7.70. The van der Waals surface area contributed by atoms with E-state index in [4.69, 9.17) is 14.2 Å². The number of ether oxygens (including phenoxy) is 3. The van der Waals surface area contributed by atoms with Crippen LogP contribution in [0.4, 0.5) is 4.79 Å². The summed E-state index contributed by atoms with van der Waals surface area (Å²) in [6, 6.07) is 13.2. The van der Waals surface area contributed by atoms with Crippen molar-refractivity contribution >= 4 is 12.1 Å². The molecule has 3 rings (SSSR count). The third-order valence-corrected chi connectivity index (χ3v) is 3.68. The summed E-state index contributed by atoms with van der Waals surface area (Å²) in [5.74, 6) is 0.0356. The Labute approximate surface area is 144 Å². The quantitative estimate of drug-likeness (QED) is 0.836. The molecule has 7 heteroatoms. The van der Waals surface area contributed by atoms with E-state index in [9.17, 15) is 14.7 Å². The highest BCUT2D eigenvalue weighted by Crippen LogP contribution is 2.32. The minimum absolute atomic E-state index is 0.0725. The zero-order valence-corrected chi connectivity index (χ0v) is 13.3. The van der Waals surface area contributed by atoms with Crippen molar-refractivity contribution in [2.45, 2.75) is 19.1 Å². The number of fused-ring (bicyclic) bond motifs is 1. The van der Waals surface area contributed by atoms with E-state index in [0.29, 0.717) is 17.1 Å². The molecule has 0 bridgehead atoms. The Balaban J connectivity index is 1.57. The van der Waals surface area contributed by atoms with Crippen LogP contribution in [0.25, 0.3) is 0 Å². The molecule has 0 spiro atoms. The van der Waals surface area contributed by atoms with Crippen molar-refractivity contribution in [1.29, 1.82) is 0 Å². The second-order valence-corrected chi connectivity index (χ2v) is 5.49. The number of carboxylic acid groups (broad SMARTS) is 1. The predicted octanol–water partition coefficient (Wildman–Crippen LogP) is 2.34. The lowest BCUT2D eigenvalue weighted by molar-refractivity contribution is -0.139. The first kappa shape index (κ1) is 16.6. The zero-order valence-electron chi connectivity index (χ0n) is 13.3. The number of carbonyl (C=O) groups is 2. The lowest BCUT2D eigenvalue weighted by atomic mass is 10.1. The minimum atomic E-state index is -1.14. The standard InChI is InChI=1S/C18H17NO6/c20-17(21)14(8-13-6-7-15-16(9-13)25-11-24-15)19-18(22)23-10-12-4-2-1-3-5-12/h1-7,9,14H,8,10-11H2,(H,19,22)(H,20,21). The van der Waals surface area contributed by atoms with Crippen LogP contribution >= 0.6 is 0 Å². The smallest absolute Gasteiger partial charge is 0.408 e. The van der Waals surface area contributed by atoms with Crippen LogP contribution in [0.15, 0.2) is 48.5 Å². The van der Waals surface area contributed by atoms with Crippen LogP contribution in [0.1, 0.15) is 11.1 Å². The maximum Gasteiger partial charge on any atom is 0.408 e. The maximum absolute atomic E-state index is 11.9. The van der Waals surface area contributed by atoms with Crippen molar-refractivity contribution in [3.05, 3.63) is 59.7 Å². The van der Waals surface area contributed by atoms with E-state index in [1.165, 1.54) is 0 Å². The van der Waals surface area contributed by atoms with Gasteiger partial charge in [0.15, 0.2) is 11.5 Å². The van der Waals surface area contributed by atoms with E-state index in [1.807, 2.05) is 30.3 Å². The van der Waals surface area contributed by atoms with Gasteiger partial charge in [-0.3, -0.25) is 0 Å². The predicted molar refractivity (Wildman–Crippen MR) is 87.5 cm³/mol. The Morgan fingerprint density at radius 2 is 1.84 bits per heavy atom. The molecule has 1 aliphatic heterocycles. The van der Waals surface area contributed by atoms with Gasteiger partial charge in [0.25, 0.3) is 0 Å². The molecule has 25 heavy (non-hydrogen) atoms. The molecule has 2 aromatic carbocycles. The fraction of sp³-hybridized carbons (Fsp3) is 0.222. The summed E-state index contributed by atoms with van der Waals surface area (Å²) in [5, 5.41) is 11.7. The lowest BCUT2D eigenvalue weighted by Gasteiger charge is -2.15. The maximum atomic E-state index is 11.9. The van der Waals surface area contributed by atoms with Crippen LogP contribution in [0.5, 0.6) is 11.5 Å². The first-order chi connectivity index (χ1) is 12.1. The molecule has 0 saturated heterocycles. The van der Waals surface area contributed by atoms with E-state index >= 15 is 0 Å². The molecule has 0 radical (unpaired) electrons. The van der Waals surface area contributed by atoms with Crippen molar-refractivity contribution < 1.29 is 28.9 Å². The third-order valence-electron chi connectivity index (χ3n) is 3.68. The molecule has 2 aromatic rings. The van der Waals surface area contributed by atoms with Gasteiger partial charge < -0.3 is 24.6 Å². The van der Waals surface area contributed by atoms with Crippen LogP contribution in [0, 0.1) is 0 Å². The molecular formula is C18H17NO6. The molecule has 1 atom stereocenters. The van der Waals surface area contributed by atoms with Crippen molar-refractivity contribution in [3.8, 4) is 11.5 Å². The Bertz CT molecular complexity index is 761. The first-order valence-electron chi connectivity index (χ1n) is 7.70. The van der Waals surface area contributed by atoms with Gasteiger partial charge in [-0.05, 0) is 23.3 Å². The summed E-state index contributed by atoms with van der Waals surface area (Å²) in [4.78, 5) is 23.3. The molecule has 0 aromatic heterocycles. The topological polar surface area (TPSA) is 94.1 Å². The van der Waals surface area contributed by atoms with Crippen LogP contribution in [-0.2, 0) is 22.6 Å². The highest BCUT2D eigenvalue weighted by atomic mass is 16.7. The Kier molecular flexibility index (Phi) is 5.03. The summed E-state index contributed by atoms with van der Waals surface area (Å²) in [6.45, 7) is 0.217. The van der Waals surface area contributed by atoms with E-state index in [2.05, 4.69) is 5.32 Å². The number of carboxylic acids is 1. The van der Waals surface area contributed by atoms with Crippen LogP contribution in [0.3, 0.4) is 0 Å². The van der Waals surface area contributed by atoms with Crippen LogP contribution < -0.4 is 14.8 Å². The number of amides is 1. The van der Waals surface area contributed by atoms with Crippen LogP contribution in [-0.4, -0.2) is 30.0 Å². The molecule has 7 nitrogen and oxygen atoms in total. The van der Waals surface area contributed by atoms with Gasteiger partial charge in [-0.1, -0.05) is 36.4 Å². The zero-order chi connectivity index (χ0) is 17.6. The monoisotopic (exact) mass is 343 g/mol. The van der Waals surface area contributed by atoms with Gasteiger partial charge in [0.1, 0.15) is 12.6 Å². The molecule has 2 N–H and O–H groups in total. The average Bonchev–Trinajstić information content (AvgIpc) is 3.08. The molecule has 0 saturated carbocycles. The largest absolute Gasteiger partial charge is 0.480 e. The third kappa shape index (κ3) is 4.41. The number of rotatable bonds is 6. The molecule has 0 fully saturated rings. The van der Waals surface area contributed by atoms with E-state index in [0.717, 1.165) is 5.56 Å². The normalized spacial score (nSPS) is 13.1. The second-order valence-electron chi connectivity index (χ2n) is 5.49. The van der Waals surface area contributed by atoms with E-state index in [-0.39, 0.29) is 19.8 Å². The highest BCUT2D eigenvalue weighted by Gasteiger charge is 2.22. The summed E-state index contributed by atoms with van der Waals surface area (Å²) >= 11 is 0. The van der Waals surface area contributed by atoms with Gasteiger partial charge in [0.2, 0.25) is 6.79 Å². The average molecular weight is 343 g/mol. The number of hydrogen-bond donors (Lipinski definition) is 2. The van der Waals surface area contributed by atoms with Gasteiger partial charge in [-0.2, -0.15) is 0 Å². The number of aliphatic carboxylic acids is 1. The molecule has 0 aliphatic carbocycles. The molecular weight excluding hydrogens is 326 g/mol. The molecule has 1 aliphatic rings. The summed E-state index contributed by atoms with van der Waals surface area (Å²) in [5.41, 5.74) is 1.53. The van der Waals surface area contributed by atoms with Gasteiger partial charge in [-0.25, -0.2) is 9.59 Å². The summed E-state index contributed by atoms with van der Waals surface area (Å²) < 4.78 is 15.5. The van der Waals surface area contributed by atoms with E-state index < -0.39 is 18.1 Å². The Morgan fingerprint density at radius 3 is 2.60 bits per heavy atom. The van der Waals surface area contributed by atoms with Crippen molar-refractivity contribution in [2.24, 2.45) is 0 Å². The number of hydrogen-bond acceptors (Lipinski definition) is 5. The number of alkyl carbamates (subject to hydrolysis) is 1. The summed E-state index contributed by atoms with van der Waals surface area (Å²) in [6.07, 6.45) is -0.677. The number of benzene rings is 2. The van der Waals surface area contributed by atoms with Crippen molar-refractivity contribution in [1.82, 2.24) is 5.32 Å². The highest BCUT2D eigenvalue weighted by molar-refractivity contribution is 5.80. The van der Waals surface area contributed by atoms with Gasteiger partial charge in [-0.15, -0.1) is 0 Å². The summed E-state index contributed by atoms with van der Waals surface area (Å²) in [7, 11) is 0. The Morgan fingerprint density at radius 1 is 1.08 bits per heavy atom. The van der Waals surface area contributed by atoms with Gasteiger partial charge in [0, 0.05) is 6.42 Å². The fourth-order valence-electron chi connectivity index (χ4n) is 2.41. The van der Waals surface area contributed by atoms with E-state index in [1.54, 1.807) is 18.2 Å². The Hall–Kier alpha value is -3.22. The van der Waals surface area contributed by atoms with Gasteiger partial charge >= 0.3 is 12.1 Å². The minimum Gasteiger partial charge on any atom is -0.480 e. The molecule has 1 unspecified atom stereocenters. The fourth-order valence-corrected chi connectivity index (χ4v) is 2.41. The van der Waals surface area contributed by atoms with Crippen molar-refractivity contribution in [3.63, 3.8) is 0 Å². The number of nitrogens with one attached hydrogen (secondary N) is 1. The van der Waals surface area contributed by atoms with Crippen molar-refractivity contribution in [2.75, 3.05) is 6.79 Å². The molecule has 1 heterocycles. The SMILES string of the molecule is O=C(NC(Cc1ccc2c(c1)OCO2)C(=O)O)OCc1ccccc1. The van der Waals surface area contributed by atoms with Gasteiger partial charge in [0.05, 0.1) is 0 Å².